The van der Waals surface area contributed by atoms with E-state index in [1.807, 2.05) is 39.5 Å². The topological polar surface area (TPSA) is 69.6 Å². The molecule has 0 saturated carbocycles. The van der Waals surface area contributed by atoms with Gasteiger partial charge < -0.3 is 14.7 Å². The quantitative estimate of drug-likeness (QED) is 0.598. The second-order valence-corrected chi connectivity index (χ2v) is 12.8. The van der Waals surface area contributed by atoms with Crippen LogP contribution in [0.25, 0.3) is 0 Å². The van der Waals surface area contributed by atoms with Gasteiger partial charge in [0.05, 0.1) is 17.0 Å². The van der Waals surface area contributed by atoms with Gasteiger partial charge in [0, 0.05) is 44.7 Å². The molecule has 3 aliphatic heterocycles. The van der Waals surface area contributed by atoms with E-state index in [4.69, 9.17) is 0 Å². The minimum atomic E-state index is -0.333. The molecule has 3 saturated heterocycles. The van der Waals surface area contributed by atoms with Crippen LogP contribution in [-0.4, -0.2) is 82.3 Å². The molecule has 0 N–H and O–H groups in total. The van der Waals surface area contributed by atoms with Gasteiger partial charge in [-0.1, -0.05) is 51.1 Å². The van der Waals surface area contributed by atoms with E-state index < -0.39 is 0 Å². The van der Waals surface area contributed by atoms with E-state index in [9.17, 15) is 9.59 Å². The second kappa shape index (κ2) is 10.4. The largest absolute Gasteiger partial charge is 0.342 e. The predicted octanol–water partition coefficient (Wildman–Crippen LogP) is 4.09. The van der Waals surface area contributed by atoms with E-state index in [2.05, 4.69) is 50.1 Å². The van der Waals surface area contributed by atoms with E-state index in [0.29, 0.717) is 17.4 Å². The van der Waals surface area contributed by atoms with Crippen molar-refractivity contribution in [3.05, 3.63) is 59.2 Å². The fourth-order valence-electron chi connectivity index (χ4n) is 6.96. The lowest BCUT2D eigenvalue weighted by atomic mass is 9.70. The Kier molecular flexibility index (Phi) is 7.33. The summed E-state index contributed by atoms with van der Waals surface area (Å²) in [4.78, 5) is 41.4. The highest BCUT2D eigenvalue weighted by atomic mass is 16.2. The Balaban J connectivity index is 1.21. The van der Waals surface area contributed by atoms with Gasteiger partial charge in [0.2, 0.25) is 5.91 Å². The summed E-state index contributed by atoms with van der Waals surface area (Å²) in [7, 11) is 0. The van der Waals surface area contributed by atoms with Crippen LogP contribution in [0.3, 0.4) is 0 Å². The van der Waals surface area contributed by atoms with Crippen LogP contribution < -0.4 is 0 Å². The highest BCUT2D eigenvalue weighted by Crippen LogP contribution is 2.41. The standard InChI is InChI=1S/C31H43N5O2/c1-22-27(23(2)33-21-32-22)28(37)36-19-24-17-34(18-25(24)20-36)14-11-31(26-9-7-6-8-10-26)12-15-35(16-13-31)29(38)30(3,4)5/h6-10,21,24-25H,11-20H2,1-5H3. The molecule has 1 aromatic heterocycles. The lowest BCUT2D eigenvalue weighted by Gasteiger charge is -2.44. The van der Waals surface area contributed by atoms with Crippen LogP contribution in [0.4, 0.5) is 0 Å². The summed E-state index contributed by atoms with van der Waals surface area (Å²) in [6.07, 6.45) is 4.67. The van der Waals surface area contributed by atoms with Crippen molar-refractivity contribution in [1.29, 1.82) is 0 Å². The number of fused-ring (bicyclic) bond motifs is 1. The third kappa shape index (κ3) is 5.22. The summed E-state index contributed by atoms with van der Waals surface area (Å²) >= 11 is 0. The van der Waals surface area contributed by atoms with Gasteiger partial charge in [0.25, 0.3) is 5.91 Å². The van der Waals surface area contributed by atoms with Crippen molar-refractivity contribution < 1.29 is 9.59 Å². The molecular weight excluding hydrogens is 474 g/mol. The summed E-state index contributed by atoms with van der Waals surface area (Å²) in [5.74, 6) is 1.41. The van der Waals surface area contributed by atoms with Crippen molar-refractivity contribution in [2.45, 2.75) is 59.3 Å². The molecule has 0 bridgehead atoms. The Morgan fingerprint density at radius 2 is 1.47 bits per heavy atom. The van der Waals surface area contributed by atoms with Crippen LogP contribution in [-0.2, 0) is 10.2 Å². The number of amides is 2. The molecule has 2 aromatic rings. The highest BCUT2D eigenvalue weighted by Gasteiger charge is 2.44. The van der Waals surface area contributed by atoms with Crippen molar-refractivity contribution >= 4 is 11.8 Å². The molecule has 204 valence electrons. The predicted molar refractivity (Wildman–Crippen MR) is 149 cm³/mol. The van der Waals surface area contributed by atoms with Gasteiger partial charge in [-0.2, -0.15) is 0 Å². The number of aromatic nitrogens is 2. The zero-order valence-electron chi connectivity index (χ0n) is 23.7. The molecule has 5 rings (SSSR count). The van der Waals surface area contributed by atoms with Crippen LogP contribution in [0.15, 0.2) is 36.7 Å². The van der Waals surface area contributed by atoms with Crippen LogP contribution in [0.2, 0.25) is 0 Å². The molecule has 3 aliphatic rings. The molecule has 38 heavy (non-hydrogen) atoms. The van der Waals surface area contributed by atoms with Gasteiger partial charge in [-0.15, -0.1) is 0 Å². The first-order chi connectivity index (χ1) is 18.1. The van der Waals surface area contributed by atoms with Crippen molar-refractivity contribution in [2.75, 3.05) is 45.8 Å². The van der Waals surface area contributed by atoms with E-state index in [1.54, 1.807) is 0 Å². The molecule has 7 heteroatoms. The van der Waals surface area contributed by atoms with Crippen molar-refractivity contribution in [2.24, 2.45) is 17.3 Å². The first-order valence-corrected chi connectivity index (χ1v) is 14.2. The molecular formula is C31H43N5O2. The van der Waals surface area contributed by atoms with Gasteiger partial charge in [-0.05, 0) is 62.5 Å². The third-order valence-corrected chi connectivity index (χ3v) is 9.23. The lowest BCUT2D eigenvalue weighted by molar-refractivity contribution is -0.141. The maximum absolute atomic E-state index is 13.3. The second-order valence-electron chi connectivity index (χ2n) is 12.8. The molecule has 0 aliphatic carbocycles. The zero-order chi connectivity index (χ0) is 27.1. The normalized spacial score (nSPS) is 23.5. The molecule has 1 aromatic carbocycles. The molecule has 7 nitrogen and oxygen atoms in total. The Hall–Kier alpha value is -2.80. The van der Waals surface area contributed by atoms with Crippen LogP contribution in [0, 0.1) is 31.1 Å². The minimum Gasteiger partial charge on any atom is -0.342 e. The summed E-state index contributed by atoms with van der Waals surface area (Å²) in [6, 6.07) is 10.9. The number of rotatable bonds is 5. The summed E-state index contributed by atoms with van der Waals surface area (Å²) < 4.78 is 0. The van der Waals surface area contributed by atoms with E-state index in [1.165, 1.54) is 11.9 Å². The molecule has 3 fully saturated rings. The SMILES string of the molecule is Cc1ncnc(C)c1C(=O)N1CC2CN(CCC3(c4ccccc4)CCN(C(=O)C(C)(C)C)CC3)CC2C1. The summed E-state index contributed by atoms with van der Waals surface area (Å²) in [6.45, 7) is 16.3. The lowest BCUT2D eigenvalue weighted by Crippen LogP contribution is -2.49. The van der Waals surface area contributed by atoms with Crippen LogP contribution in [0.5, 0.6) is 0 Å². The Labute approximate surface area is 227 Å². The molecule has 2 atom stereocenters. The maximum Gasteiger partial charge on any atom is 0.257 e. The number of carbonyl (C=O) groups is 2. The van der Waals surface area contributed by atoms with Crippen LogP contribution >= 0.6 is 0 Å². The summed E-state index contributed by atoms with van der Waals surface area (Å²) in [5, 5.41) is 0. The minimum absolute atomic E-state index is 0.0844. The molecule has 2 amide bonds. The van der Waals surface area contributed by atoms with E-state index in [0.717, 1.165) is 76.5 Å². The maximum atomic E-state index is 13.3. The van der Waals surface area contributed by atoms with Gasteiger partial charge in [0.1, 0.15) is 6.33 Å². The van der Waals surface area contributed by atoms with E-state index in [-0.39, 0.29) is 22.6 Å². The number of likely N-dealkylation sites (tertiary alicyclic amines) is 3. The number of carbonyl (C=O) groups excluding carboxylic acids is 2. The molecule has 4 heterocycles. The van der Waals surface area contributed by atoms with E-state index >= 15 is 0 Å². The third-order valence-electron chi connectivity index (χ3n) is 9.23. The molecule has 2 unspecified atom stereocenters. The van der Waals surface area contributed by atoms with Crippen molar-refractivity contribution in [3.63, 3.8) is 0 Å². The number of aryl methyl sites for hydroxylation is 2. The fraction of sp³-hybridized carbons (Fsp3) is 0.613. The van der Waals surface area contributed by atoms with Crippen molar-refractivity contribution in [1.82, 2.24) is 24.7 Å². The first kappa shape index (κ1) is 26.8. The number of hydrogen-bond acceptors (Lipinski definition) is 5. The smallest absolute Gasteiger partial charge is 0.257 e. The average Bonchev–Trinajstić information content (AvgIpc) is 3.46. The fourth-order valence-corrected chi connectivity index (χ4v) is 6.96. The Morgan fingerprint density at radius 1 is 0.895 bits per heavy atom. The van der Waals surface area contributed by atoms with Gasteiger partial charge in [0.15, 0.2) is 0 Å². The Morgan fingerprint density at radius 3 is 2.03 bits per heavy atom. The Bertz CT molecular complexity index is 1130. The monoisotopic (exact) mass is 517 g/mol. The molecule has 0 spiro atoms. The number of benzene rings is 1. The van der Waals surface area contributed by atoms with Crippen molar-refractivity contribution in [3.8, 4) is 0 Å². The average molecular weight is 518 g/mol. The molecule has 0 radical (unpaired) electrons. The first-order valence-electron chi connectivity index (χ1n) is 14.2. The van der Waals surface area contributed by atoms with Gasteiger partial charge in [-0.3, -0.25) is 9.59 Å². The number of piperidine rings is 1. The number of hydrogen-bond donors (Lipinski definition) is 0. The summed E-state index contributed by atoms with van der Waals surface area (Å²) in [5.41, 5.74) is 3.39. The van der Waals surface area contributed by atoms with Crippen LogP contribution in [0.1, 0.15) is 67.3 Å². The van der Waals surface area contributed by atoms with Gasteiger partial charge in [-0.25, -0.2) is 9.97 Å². The zero-order valence-corrected chi connectivity index (χ0v) is 23.7. The highest BCUT2D eigenvalue weighted by molar-refractivity contribution is 5.96. The number of nitrogens with zero attached hydrogens (tertiary/aromatic N) is 5. The van der Waals surface area contributed by atoms with Gasteiger partial charge >= 0.3 is 0 Å².